The van der Waals surface area contributed by atoms with Crippen molar-refractivity contribution in [3.63, 3.8) is 0 Å². The summed E-state index contributed by atoms with van der Waals surface area (Å²) in [5.74, 6) is -1.33. The van der Waals surface area contributed by atoms with Crippen molar-refractivity contribution in [2.24, 2.45) is 0 Å². The van der Waals surface area contributed by atoms with Crippen LogP contribution in [0.4, 0.5) is 4.79 Å². The van der Waals surface area contributed by atoms with Crippen LogP contribution in [0.25, 0.3) is 0 Å². The van der Waals surface area contributed by atoms with Crippen LogP contribution in [0.3, 0.4) is 0 Å². The first-order chi connectivity index (χ1) is 8.93. The van der Waals surface area contributed by atoms with Gasteiger partial charge in [-0.05, 0) is 26.2 Å². The fraction of sp³-hybridized carbons (Fsp3) is 0.750. The maximum atomic E-state index is 11.6. The number of carbonyl (C=O) groups is 3. The molecule has 7 heteroatoms. The van der Waals surface area contributed by atoms with E-state index in [1.54, 1.807) is 6.92 Å². The second kappa shape index (κ2) is 6.96. The summed E-state index contributed by atoms with van der Waals surface area (Å²) < 4.78 is 0. The molecule has 0 aromatic rings. The number of hydrogen-bond acceptors (Lipinski definition) is 3. The lowest BCUT2D eigenvalue weighted by Crippen LogP contribution is -2.52. The quantitative estimate of drug-likeness (QED) is 0.530. The lowest BCUT2D eigenvalue weighted by molar-refractivity contribution is -0.139. The summed E-state index contributed by atoms with van der Waals surface area (Å²) in [6.45, 7) is 3.40. The number of nitrogens with one attached hydrogen (secondary N) is 3. The van der Waals surface area contributed by atoms with E-state index >= 15 is 0 Å². The molecule has 2 atom stereocenters. The lowest BCUT2D eigenvalue weighted by atomic mass is 10.2. The molecule has 0 radical (unpaired) electrons. The zero-order chi connectivity index (χ0) is 14.4. The van der Waals surface area contributed by atoms with Crippen molar-refractivity contribution < 1.29 is 19.5 Å². The molecule has 0 aromatic carbocycles. The van der Waals surface area contributed by atoms with Crippen molar-refractivity contribution in [2.45, 2.75) is 57.7 Å². The van der Waals surface area contributed by atoms with Crippen LogP contribution in [0.5, 0.6) is 0 Å². The third-order valence-electron chi connectivity index (χ3n) is 2.85. The van der Waals surface area contributed by atoms with Gasteiger partial charge in [-0.3, -0.25) is 4.79 Å². The first kappa shape index (κ1) is 15.3. The molecule has 19 heavy (non-hydrogen) atoms. The third kappa shape index (κ3) is 5.58. The average Bonchev–Trinajstić information content (AvgIpc) is 3.11. The molecule has 0 saturated heterocycles. The van der Waals surface area contributed by atoms with Crippen LogP contribution < -0.4 is 16.0 Å². The van der Waals surface area contributed by atoms with Gasteiger partial charge in [0.05, 0.1) is 0 Å². The highest BCUT2D eigenvalue weighted by Crippen LogP contribution is 2.18. The summed E-state index contributed by atoms with van der Waals surface area (Å²) in [5.41, 5.74) is 0. The average molecular weight is 271 g/mol. The molecule has 0 heterocycles. The van der Waals surface area contributed by atoms with E-state index < -0.39 is 24.1 Å². The Morgan fingerprint density at radius 1 is 1.26 bits per heavy atom. The second-order valence-electron chi connectivity index (χ2n) is 4.80. The van der Waals surface area contributed by atoms with Gasteiger partial charge < -0.3 is 21.1 Å². The largest absolute Gasteiger partial charge is 0.480 e. The van der Waals surface area contributed by atoms with Crippen molar-refractivity contribution in [3.8, 4) is 0 Å². The van der Waals surface area contributed by atoms with E-state index in [4.69, 9.17) is 5.11 Å². The van der Waals surface area contributed by atoms with Crippen molar-refractivity contribution >= 4 is 17.9 Å². The van der Waals surface area contributed by atoms with Crippen LogP contribution in [-0.2, 0) is 9.59 Å². The topological polar surface area (TPSA) is 108 Å². The maximum absolute atomic E-state index is 11.6. The molecular weight excluding hydrogens is 250 g/mol. The third-order valence-corrected chi connectivity index (χ3v) is 2.85. The van der Waals surface area contributed by atoms with Gasteiger partial charge in [0.15, 0.2) is 0 Å². The number of carboxylic acid groups (broad SMARTS) is 1. The maximum Gasteiger partial charge on any atom is 0.326 e. The van der Waals surface area contributed by atoms with Gasteiger partial charge in [0.1, 0.15) is 12.1 Å². The highest BCUT2D eigenvalue weighted by atomic mass is 16.4. The highest BCUT2D eigenvalue weighted by molar-refractivity contribution is 5.88. The molecule has 0 aliphatic heterocycles. The van der Waals surface area contributed by atoms with Gasteiger partial charge in [-0.1, -0.05) is 13.3 Å². The Bertz CT molecular complexity index is 355. The standard InChI is InChI=1S/C12H21N3O4/c1-3-4-9(11(17)18)15-12(19)13-7(2)10(16)14-8-5-6-8/h7-9H,3-6H2,1-2H3,(H,14,16)(H,17,18)(H2,13,15,19)/t7?,9-/m1/s1. The summed E-state index contributed by atoms with van der Waals surface area (Å²) in [4.78, 5) is 34.1. The van der Waals surface area contributed by atoms with Crippen LogP contribution in [0.15, 0.2) is 0 Å². The number of amides is 3. The van der Waals surface area contributed by atoms with Crippen molar-refractivity contribution in [1.82, 2.24) is 16.0 Å². The molecule has 108 valence electrons. The normalized spacial score (nSPS) is 17.2. The molecule has 3 amide bonds. The zero-order valence-corrected chi connectivity index (χ0v) is 11.2. The van der Waals surface area contributed by atoms with Crippen molar-refractivity contribution in [3.05, 3.63) is 0 Å². The molecule has 0 bridgehead atoms. The summed E-state index contributed by atoms with van der Waals surface area (Å²) in [6.07, 6.45) is 2.95. The molecule has 1 aliphatic rings. The number of carbonyl (C=O) groups excluding carboxylic acids is 2. The Balaban J connectivity index is 2.35. The summed E-state index contributed by atoms with van der Waals surface area (Å²) in [7, 11) is 0. The molecule has 0 aromatic heterocycles. The first-order valence-corrected chi connectivity index (χ1v) is 6.54. The molecule has 1 rings (SSSR count). The van der Waals surface area contributed by atoms with Gasteiger partial charge in [-0.15, -0.1) is 0 Å². The van der Waals surface area contributed by atoms with Crippen LogP contribution in [0.2, 0.25) is 0 Å². The minimum absolute atomic E-state index is 0.228. The van der Waals surface area contributed by atoms with Gasteiger partial charge in [0.2, 0.25) is 5.91 Å². The fourth-order valence-electron chi connectivity index (χ4n) is 1.56. The Kier molecular flexibility index (Phi) is 5.59. The molecule has 7 nitrogen and oxygen atoms in total. The smallest absolute Gasteiger partial charge is 0.326 e. The zero-order valence-electron chi connectivity index (χ0n) is 11.2. The Morgan fingerprint density at radius 3 is 2.37 bits per heavy atom. The van der Waals surface area contributed by atoms with Crippen molar-refractivity contribution in [2.75, 3.05) is 0 Å². The minimum Gasteiger partial charge on any atom is -0.480 e. The molecule has 1 saturated carbocycles. The van der Waals surface area contributed by atoms with Gasteiger partial charge in [0.25, 0.3) is 0 Å². The van der Waals surface area contributed by atoms with E-state index in [0.29, 0.717) is 12.8 Å². The second-order valence-corrected chi connectivity index (χ2v) is 4.80. The number of urea groups is 1. The van der Waals surface area contributed by atoms with Gasteiger partial charge >= 0.3 is 12.0 Å². The van der Waals surface area contributed by atoms with E-state index in [-0.39, 0.29) is 11.9 Å². The van der Waals surface area contributed by atoms with Gasteiger partial charge in [-0.25, -0.2) is 9.59 Å². The predicted molar refractivity (Wildman–Crippen MR) is 68.6 cm³/mol. The molecule has 4 N–H and O–H groups in total. The van der Waals surface area contributed by atoms with E-state index in [9.17, 15) is 14.4 Å². The van der Waals surface area contributed by atoms with E-state index in [1.165, 1.54) is 0 Å². The van der Waals surface area contributed by atoms with Crippen molar-refractivity contribution in [1.29, 1.82) is 0 Å². The number of carboxylic acids is 1. The number of rotatable bonds is 7. The lowest BCUT2D eigenvalue weighted by Gasteiger charge is -2.17. The highest BCUT2D eigenvalue weighted by Gasteiger charge is 2.27. The fourth-order valence-corrected chi connectivity index (χ4v) is 1.56. The summed E-state index contributed by atoms with van der Waals surface area (Å²) >= 11 is 0. The molecule has 0 spiro atoms. The van der Waals surface area contributed by atoms with Gasteiger partial charge in [-0.2, -0.15) is 0 Å². The monoisotopic (exact) mass is 271 g/mol. The molecular formula is C12H21N3O4. The SMILES string of the molecule is CCC[C@@H](NC(=O)NC(C)C(=O)NC1CC1)C(=O)O. The minimum atomic E-state index is -1.08. The predicted octanol–water partition coefficient (Wildman–Crippen LogP) is 0.206. The number of hydrogen-bond donors (Lipinski definition) is 4. The Morgan fingerprint density at radius 2 is 1.89 bits per heavy atom. The van der Waals surface area contributed by atoms with E-state index in [0.717, 1.165) is 12.8 Å². The molecule has 1 unspecified atom stereocenters. The van der Waals surface area contributed by atoms with E-state index in [1.807, 2.05) is 6.92 Å². The Labute approximate surface area is 112 Å². The number of aliphatic carboxylic acids is 1. The summed E-state index contributed by atoms with van der Waals surface area (Å²) in [6, 6.07) is -2.02. The molecule has 1 aliphatic carbocycles. The summed E-state index contributed by atoms with van der Waals surface area (Å²) in [5, 5.41) is 16.4. The van der Waals surface area contributed by atoms with Crippen LogP contribution in [0.1, 0.15) is 39.5 Å². The van der Waals surface area contributed by atoms with E-state index in [2.05, 4.69) is 16.0 Å². The van der Waals surface area contributed by atoms with Crippen LogP contribution in [-0.4, -0.2) is 41.1 Å². The van der Waals surface area contributed by atoms with Crippen LogP contribution >= 0.6 is 0 Å². The Hall–Kier alpha value is -1.79. The van der Waals surface area contributed by atoms with Gasteiger partial charge in [0, 0.05) is 6.04 Å². The van der Waals surface area contributed by atoms with Crippen LogP contribution in [0, 0.1) is 0 Å². The first-order valence-electron chi connectivity index (χ1n) is 6.54. The molecule has 1 fully saturated rings.